The number of H-pyrrole nitrogens is 1. The number of fused-ring (bicyclic) bond motifs is 1. The zero-order valence-corrected chi connectivity index (χ0v) is 25.4. The molecular formula is C30H39N5O5S2. The van der Waals surface area contributed by atoms with Gasteiger partial charge in [-0.25, -0.2) is 4.79 Å². The average Bonchev–Trinajstić information content (AvgIpc) is 3.40. The van der Waals surface area contributed by atoms with Gasteiger partial charge in [-0.2, -0.15) is 23.5 Å². The number of aromatic nitrogens is 1. The molecule has 0 aliphatic heterocycles. The van der Waals surface area contributed by atoms with E-state index >= 15 is 0 Å². The van der Waals surface area contributed by atoms with Crippen molar-refractivity contribution in [1.82, 2.24) is 20.9 Å². The first-order valence-electron chi connectivity index (χ1n) is 13.7. The van der Waals surface area contributed by atoms with E-state index in [1.165, 1.54) is 11.8 Å². The zero-order chi connectivity index (χ0) is 30.5. The summed E-state index contributed by atoms with van der Waals surface area (Å²) in [6, 6.07) is 12.7. The van der Waals surface area contributed by atoms with Crippen LogP contribution >= 0.6 is 23.5 Å². The molecule has 0 saturated carbocycles. The summed E-state index contributed by atoms with van der Waals surface area (Å²) in [5.74, 6) is -1.54. The number of benzene rings is 2. The van der Waals surface area contributed by atoms with Crippen molar-refractivity contribution in [1.29, 1.82) is 0 Å². The van der Waals surface area contributed by atoms with E-state index in [0.717, 1.165) is 22.0 Å². The molecule has 1 aromatic heterocycles. The molecule has 0 bridgehead atoms. The quantitative estimate of drug-likeness (QED) is 0.135. The van der Waals surface area contributed by atoms with Crippen LogP contribution in [0.1, 0.15) is 24.0 Å². The van der Waals surface area contributed by atoms with Crippen LogP contribution in [0.5, 0.6) is 0 Å². The van der Waals surface area contributed by atoms with Crippen LogP contribution in [0.4, 0.5) is 0 Å². The molecule has 3 aromatic rings. The third-order valence-corrected chi connectivity index (χ3v) is 8.13. The largest absolute Gasteiger partial charge is 0.480 e. The lowest BCUT2D eigenvalue weighted by Crippen LogP contribution is -2.58. The Labute approximate surface area is 254 Å². The van der Waals surface area contributed by atoms with Gasteiger partial charge in [0.1, 0.15) is 18.1 Å². The number of hydrogen-bond donors (Lipinski definition) is 6. The highest BCUT2D eigenvalue weighted by molar-refractivity contribution is 7.98. The number of amides is 3. The number of carboxylic acids is 1. The topological polar surface area (TPSA) is 166 Å². The van der Waals surface area contributed by atoms with Crippen LogP contribution < -0.4 is 21.7 Å². The van der Waals surface area contributed by atoms with E-state index in [4.69, 9.17) is 5.73 Å². The lowest BCUT2D eigenvalue weighted by molar-refractivity contribution is -0.142. The second-order valence-corrected chi connectivity index (χ2v) is 11.9. The van der Waals surface area contributed by atoms with Crippen LogP contribution in [0.15, 0.2) is 60.8 Å². The number of carbonyl (C=O) groups is 4. The van der Waals surface area contributed by atoms with Crippen molar-refractivity contribution in [2.75, 3.05) is 24.0 Å². The number of carboxylic acid groups (broad SMARTS) is 1. The minimum absolute atomic E-state index is 0.0955. The Morgan fingerprint density at radius 1 is 0.786 bits per heavy atom. The van der Waals surface area contributed by atoms with Gasteiger partial charge in [-0.05, 0) is 54.1 Å². The highest BCUT2D eigenvalue weighted by Crippen LogP contribution is 2.19. The standard InChI is InChI=1S/C30H39N5O5S2/c1-41-14-12-22(31)27(36)34-25(17-20-18-32-23-11-7-6-10-21(20)23)29(38)33-24(13-15-42-2)28(37)35-26(30(39)40)16-19-8-4-3-5-9-19/h3-11,18,22,24-26,32H,12-17,31H2,1-2H3,(H,33,38)(H,34,36)(H,35,37)(H,39,40). The van der Waals surface area contributed by atoms with Gasteiger partial charge in [-0.1, -0.05) is 48.5 Å². The smallest absolute Gasteiger partial charge is 0.326 e. The highest BCUT2D eigenvalue weighted by Gasteiger charge is 2.31. The zero-order valence-electron chi connectivity index (χ0n) is 23.8. The normalized spacial score (nSPS) is 14.0. The van der Waals surface area contributed by atoms with Crippen molar-refractivity contribution in [2.24, 2.45) is 5.73 Å². The van der Waals surface area contributed by atoms with Gasteiger partial charge in [0.05, 0.1) is 6.04 Å². The summed E-state index contributed by atoms with van der Waals surface area (Å²) < 4.78 is 0. The number of nitrogens with one attached hydrogen (secondary N) is 4. The maximum atomic E-state index is 13.7. The lowest BCUT2D eigenvalue weighted by atomic mass is 10.0. The van der Waals surface area contributed by atoms with Crippen molar-refractivity contribution in [3.8, 4) is 0 Å². The van der Waals surface area contributed by atoms with Gasteiger partial charge < -0.3 is 31.8 Å². The summed E-state index contributed by atoms with van der Waals surface area (Å²) in [5.41, 5.74) is 8.57. The van der Waals surface area contributed by atoms with E-state index in [-0.39, 0.29) is 19.3 Å². The number of hydrogen-bond acceptors (Lipinski definition) is 7. The van der Waals surface area contributed by atoms with E-state index in [9.17, 15) is 24.3 Å². The Kier molecular flexibility index (Phi) is 13.2. The van der Waals surface area contributed by atoms with E-state index in [1.807, 2.05) is 42.8 Å². The number of rotatable bonds is 17. The molecule has 0 aliphatic rings. The molecule has 7 N–H and O–H groups in total. The van der Waals surface area contributed by atoms with E-state index < -0.39 is 47.9 Å². The maximum Gasteiger partial charge on any atom is 0.326 e. The number of nitrogens with two attached hydrogens (primary N) is 1. The predicted molar refractivity (Wildman–Crippen MR) is 170 cm³/mol. The molecule has 0 fully saturated rings. The SMILES string of the molecule is CSCCC(N)C(=O)NC(Cc1c[nH]c2ccccc12)C(=O)NC(CCSC)C(=O)NC(Cc1ccccc1)C(=O)O. The molecule has 3 amide bonds. The van der Waals surface area contributed by atoms with Gasteiger partial charge in [0.2, 0.25) is 17.7 Å². The average molecular weight is 614 g/mol. The fourth-order valence-corrected chi connectivity index (χ4v) is 5.44. The van der Waals surface area contributed by atoms with Crippen molar-refractivity contribution in [3.05, 3.63) is 71.9 Å². The van der Waals surface area contributed by atoms with Gasteiger partial charge >= 0.3 is 5.97 Å². The summed E-state index contributed by atoms with van der Waals surface area (Å²) in [6.07, 6.45) is 6.58. The number of aromatic amines is 1. The highest BCUT2D eigenvalue weighted by atomic mass is 32.2. The maximum absolute atomic E-state index is 13.7. The van der Waals surface area contributed by atoms with Gasteiger partial charge in [-0.15, -0.1) is 0 Å². The van der Waals surface area contributed by atoms with E-state index in [2.05, 4.69) is 20.9 Å². The minimum atomic E-state index is -1.18. The Morgan fingerprint density at radius 3 is 2.07 bits per heavy atom. The van der Waals surface area contributed by atoms with Gasteiger partial charge in [0, 0.05) is 29.9 Å². The van der Waals surface area contributed by atoms with Crippen molar-refractivity contribution in [3.63, 3.8) is 0 Å². The fourth-order valence-electron chi connectivity index (χ4n) is 4.48. The van der Waals surface area contributed by atoms with E-state index in [1.54, 1.807) is 42.2 Å². The predicted octanol–water partition coefficient (Wildman–Crippen LogP) is 2.33. The third kappa shape index (κ3) is 9.81. The molecule has 226 valence electrons. The molecular weight excluding hydrogens is 574 g/mol. The molecule has 0 aliphatic carbocycles. The number of para-hydroxylation sites is 1. The van der Waals surface area contributed by atoms with Gasteiger partial charge in [0.15, 0.2) is 0 Å². The van der Waals surface area contributed by atoms with E-state index in [0.29, 0.717) is 17.9 Å². The van der Waals surface area contributed by atoms with Crippen molar-refractivity contribution >= 4 is 58.1 Å². The second-order valence-electron chi connectivity index (χ2n) is 9.94. The first-order chi connectivity index (χ1) is 20.2. The van der Waals surface area contributed by atoms with Crippen molar-refractivity contribution in [2.45, 2.75) is 49.9 Å². The molecule has 42 heavy (non-hydrogen) atoms. The van der Waals surface area contributed by atoms with Crippen LogP contribution in [-0.2, 0) is 32.0 Å². The molecule has 0 spiro atoms. The third-order valence-electron chi connectivity index (χ3n) is 6.84. The first-order valence-corrected chi connectivity index (χ1v) is 16.5. The first kappa shape index (κ1) is 33.0. The molecule has 1 heterocycles. The molecule has 4 atom stereocenters. The monoisotopic (exact) mass is 613 g/mol. The Hall–Kier alpha value is -3.48. The van der Waals surface area contributed by atoms with Gasteiger partial charge in [0.25, 0.3) is 0 Å². The molecule has 2 aromatic carbocycles. The number of aliphatic carboxylic acids is 1. The summed E-state index contributed by atoms with van der Waals surface area (Å²) in [4.78, 5) is 55.1. The van der Waals surface area contributed by atoms with Crippen LogP contribution in [0, 0.1) is 0 Å². The fraction of sp³-hybridized carbons (Fsp3) is 0.400. The second kappa shape index (κ2) is 16.8. The lowest BCUT2D eigenvalue weighted by Gasteiger charge is -2.25. The molecule has 4 unspecified atom stereocenters. The van der Waals surface area contributed by atoms with Crippen LogP contribution in [0.2, 0.25) is 0 Å². The van der Waals surface area contributed by atoms with Crippen LogP contribution in [0.3, 0.4) is 0 Å². The molecule has 0 saturated heterocycles. The Bertz CT molecular complexity index is 1340. The summed E-state index contributed by atoms with van der Waals surface area (Å²) in [7, 11) is 0. The Balaban J connectivity index is 1.80. The van der Waals surface area contributed by atoms with Crippen LogP contribution in [-0.4, -0.2) is 82.0 Å². The summed E-state index contributed by atoms with van der Waals surface area (Å²) in [6.45, 7) is 0. The van der Waals surface area contributed by atoms with Crippen molar-refractivity contribution < 1.29 is 24.3 Å². The number of thioether (sulfide) groups is 2. The summed E-state index contributed by atoms with van der Waals surface area (Å²) in [5, 5.41) is 18.9. The molecule has 10 nitrogen and oxygen atoms in total. The molecule has 3 rings (SSSR count). The molecule has 0 radical (unpaired) electrons. The minimum Gasteiger partial charge on any atom is -0.480 e. The van der Waals surface area contributed by atoms with Gasteiger partial charge in [-0.3, -0.25) is 14.4 Å². The van der Waals surface area contributed by atoms with Crippen LogP contribution in [0.25, 0.3) is 10.9 Å². The molecule has 12 heteroatoms. The Morgan fingerprint density at radius 2 is 1.38 bits per heavy atom. The number of carbonyl (C=O) groups excluding carboxylic acids is 3. The summed E-state index contributed by atoms with van der Waals surface area (Å²) >= 11 is 3.07.